The van der Waals surface area contributed by atoms with E-state index in [0.29, 0.717) is 6.61 Å². The predicted molar refractivity (Wildman–Crippen MR) is 62.6 cm³/mol. The molecule has 0 saturated heterocycles. The van der Waals surface area contributed by atoms with Gasteiger partial charge in [-0.05, 0) is 12.5 Å². The van der Waals surface area contributed by atoms with E-state index in [1.807, 2.05) is 30.3 Å². The number of amides is 1. The first-order valence-electron chi connectivity index (χ1n) is 4.34. The summed E-state index contributed by atoms with van der Waals surface area (Å²) in [5, 5.41) is 0. The van der Waals surface area contributed by atoms with Gasteiger partial charge < -0.3 is 0 Å². The van der Waals surface area contributed by atoms with Crippen molar-refractivity contribution >= 4 is 33.4 Å². The van der Waals surface area contributed by atoms with Crippen molar-refractivity contribution in [3.63, 3.8) is 0 Å². The minimum absolute atomic E-state index is 0.312. The molecule has 1 amide bonds. The second kappa shape index (κ2) is 5.49. The summed E-state index contributed by atoms with van der Waals surface area (Å²) >= 11 is 8.69. The van der Waals surface area contributed by atoms with Crippen molar-refractivity contribution in [2.45, 2.75) is 17.3 Å². The molecule has 0 bridgehead atoms. The molecule has 1 unspecified atom stereocenters. The van der Waals surface area contributed by atoms with Crippen LogP contribution in [0.3, 0.4) is 0 Å². The zero-order valence-corrected chi connectivity index (χ0v) is 10.5. The zero-order valence-electron chi connectivity index (χ0n) is 8.17. The van der Waals surface area contributed by atoms with Gasteiger partial charge in [0.15, 0.2) is 3.78 Å². The van der Waals surface area contributed by atoms with E-state index in [1.165, 1.54) is 6.92 Å². The molecule has 1 aromatic carbocycles. The Labute approximate surface area is 102 Å². The fraction of sp³-hybridized carbons (Fsp3) is 0.300. The van der Waals surface area contributed by atoms with Gasteiger partial charge in [-0.3, -0.25) is 9.63 Å². The second-order valence-corrected chi connectivity index (χ2v) is 5.89. The van der Waals surface area contributed by atoms with Crippen molar-refractivity contribution in [2.75, 3.05) is 0 Å². The number of halogens is 2. The molecule has 5 heteroatoms. The van der Waals surface area contributed by atoms with Gasteiger partial charge >= 0.3 is 0 Å². The van der Waals surface area contributed by atoms with Gasteiger partial charge in [-0.25, -0.2) is 5.48 Å². The lowest BCUT2D eigenvalue weighted by Gasteiger charge is -2.13. The summed E-state index contributed by atoms with van der Waals surface area (Å²) < 4.78 is -1.14. The van der Waals surface area contributed by atoms with Crippen molar-refractivity contribution in [3.05, 3.63) is 35.9 Å². The van der Waals surface area contributed by atoms with Crippen molar-refractivity contribution in [2.24, 2.45) is 0 Å². The third kappa shape index (κ3) is 4.64. The molecule has 3 nitrogen and oxygen atoms in total. The van der Waals surface area contributed by atoms with Crippen LogP contribution in [0.25, 0.3) is 0 Å². The largest absolute Gasteiger partial charge is 0.275 e. The zero-order chi connectivity index (χ0) is 11.3. The molecule has 1 atom stereocenters. The standard InChI is InChI=1S/C10H11BrClNO2/c1-10(11,12)9(14)13-15-7-8-5-3-2-4-6-8/h2-6H,7H2,1H3,(H,13,14). The van der Waals surface area contributed by atoms with Crippen LogP contribution in [0, 0.1) is 0 Å². The molecule has 0 saturated carbocycles. The molecule has 0 aliphatic heterocycles. The van der Waals surface area contributed by atoms with E-state index in [-0.39, 0.29) is 0 Å². The summed E-state index contributed by atoms with van der Waals surface area (Å²) in [6, 6.07) is 9.52. The third-order valence-corrected chi connectivity index (χ3v) is 2.18. The Morgan fingerprint density at radius 2 is 2.13 bits per heavy atom. The molecule has 0 spiro atoms. The molecule has 15 heavy (non-hydrogen) atoms. The highest BCUT2D eigenvalue weighted by Gasteiger charge is 2.26. The quantitative estimate of drug-likeness (QED) is 0.684. The van der Waals surface area contributed by atoms with Crippen LogP contribution in [0.1, 0.15) is 12.5 Å². The predicted octanol–water partition coefficient (Wildman–Crippen LogP) is 2.58. The number of hydrogen-bond donors (Lipinski definition) is 1. The summed E-state index contributed by atoms with van der Waals surface area (Å²) in [5.74, 6) is -0.430. The summed E-state index contributed by atoms with van der Waals surface area (Å²) in [5.41, 5.74) is 3.23. The summed E-state index contributed by atoms with van der Waals surface area (Å²) in [6.07, 6.45) is 0. The van der Waals surface area contributed by atoms with E-state index >= 15 is 0 Å². The maximum atomic E-state index is 11.2. The highest BCUT2D eigenvalue weighted by molar-refractivity contribution is 9.10. The van der Waals surface area contributed by atoms with Gasteiger partial charge in [0.2, 0.25) is 0 Å². The van der Waals surface area contributed by atoms with Crippen LogP contribution >= 0.6 is 27.5 Å². The lowest BCUT2D eigenvalue weighted by Crippen LogP contribution is -2.35. The van der Waals surface area contributed by atoms with Crippen LogP contribution in [0.2, 0.25) is 0 Å². The van der Waals surface area contributed by atoms with E-state index in [2.05, 4.69) is 21.4 Å². The smallest absolute Gasteiger partial charge is 0.270 e. The van der Waals surface area contributed by atoms with Crippen LogP contribution in [0.5, 0.6) is 0 Å². The molecule has 0 radical (unpaired) electrons. The minimum atomic E-state index is -1.14. The van der Waals surface area contributed by atoms with E-state index in [9.17, 15) is 4.79 Å². The topological polar surface area (TPSA) is 38.3 Å². The van der Waals surface area contributed by atoms with Crippen LogP contribution < -0.4 is 5.48 Å². The first-order chi connectivity index (χ1) is 7.00. The van der Waals surface area contributed by atoms with Gasteiger partial charge in [0.1, 0.15) is 0 Å². The fourth-order valence-electron chi connectivity index (χ4n) is 0.849. The number of carbonyl (C=O) groups is 1. The monoisotopic (exact) mass is 291 g/mol. The van der Waals surface area contributed by atoms with Crippen LogP contribution in [0.15, 0.2) is 30.3 Å². The average Bonchev–Trinajstić information content (AvgIpc) is 2.18. The Bertz CT molecular complexity index is 324. The molecule has 0 aliphatic rings. The first-order valence-corrected chi connectivity index (χ1v) is 5.51. The molecule has 1 aromatic rings. The SMILES string of the molecule is CC(Cl)(Br)C(=O)NOCc1ccccc1. The van der Waals surface area contributed by atoms with Crippen LogP contribution in [0.4, 0.5) is 0 Å². The molecule has 0 aliphatic carbocycles. The molecule has 0 fully saturated rings. The van der Waals surface area contributed by atoms with Gasteiger partial charge in [0, 0.05) is 0 Å². The highest BCUT2D eigenvalue weighted by Crippen LogP contribution is 2.22. The molecular formula is C10H11BrClNO2. The number of carbonyl (C=O) groups excluding carboxylic acids is 1. The van der Waals surface area contributed by atoms with E-state index < -0.39 is 9.69 Å². The molecule has 1 N–H and O–H groups in total. The number of benzene rings is 1. The Balaban J connectivity index is 2.32. The molecule has 0 heterocycles. The molecular weight excluding hydrogens is 281 g/mol. The maximum Gasteiger partial charge on any atom is 0.275 e. The average molecular weight is 293 g/mol. The van der Waals surface area contributed by atoms with Gasteiger partial charge in [-0.1, -0.05) is 57.9 Å². The number of rotatable bonds is 4. The number of hydrogen-bond acceptors (Lipinski definition) is 2. The fourth-order valence-corrected chi connectivity index (χ4v) is 0.968. The van der Waals surface area contributed by atoms with E-state index in [0.717, 1.165) is 5.56 Å². The lowest BCUT2D eigenvalue weighted by molar-refractivity contribution is -0.134. The van der Waals surface area contributed by atoms with Gasteiger partial charge in [-0.2, -0.15) is 0 Å². The Morgan fingerprint density at radius 1 is 1.53 bits per heavy atom. The van der Waals surface area contributed by atoms with Gasteiger partial charge in [0.05, 0.1) is 6.61 Å². The lowest BCUT2D eigenvalue weighted by atomic mass is 10.2. The first kappa shape index (κ1) is 12.5. The van der Waals surface area contributed by atoms with E-state index in [4.69, 9.17) is 16.4 Å². The third-order valence-electron chi connectivity index (χ3n) is 1.65. The van der Waals surface area contributed by atoms with Crippen molar-refractivity contribution in [1.29, 1.82) is 0 Å². The summed E-state index contributed by atoms with van der Waals surface area (Å²) in [6.45, 7) is 1.84. The van der Waals surface area contributed by atoms with Gasteiger partial charge in [-0.15, -0.1) is 0 Å². The van der Waals surface area contributed by atoms with Gasteiger partial charge in [0.25, 0.3) is 5.91 Å². The molecule has 0 aromatic heterocycles. The summed E-state index contributed by atoms with van der Waals surface area (Å²) in [4.78, 5) is 16.2. The number of alkyl halides is 2. The van der Waals surface area contributed by atoms with Crippen molar-refractivity contribution < 1.29 is 9.63 Å². The van der Waals surface area contributed by atoms with Crippen molar-refractivity contribution in [3.8, 4) is 0 Å². The Hall–Kier alpha value is -0.580. The number of hydroxylamine groups is 1. The number of nitrogens with one attached hydrogen (secondary N) is 1. The summed E-state index contributed by atoms with van der Waals surface area (Å²) in [7, 11) is 0. The minimum Gasteiger partial charge on any atom is -0.270 e. The Kier molecular flexibility index (Phi) is 4.57. The molecule has 1 rings (SSSR count). The maximum absolute atomic E-state index is 11.2. The molecule has 82 valence electrons. The van der Waals surface area contributed by atoms with E-state index in [1.54, 1.807) is 0 Å². The van der Waals surface area contributed by atoms with Crippen molar-refractivity contribution in [1.82, 2.24) is 5.48 Å². The van der Waals surface area contributed by atoms with Crippen LogP contribution in [-0.2, 0) is 16.2 Å². The van der Waals surface area contributed by atoms with Crippen LogP contribution in [-0.4, -0.2) is 9.69 Å². The second-order valence-electron chi connectivity index (χ2n) is 3.09. The highest BCUT2D eigenvalue weighted by atomic mass is 79.9. The normalized spacial score (nSPS) is 14.3. The Morgan fingerprint density at radius 3 is 2.67 bits per heavy atom.